The summed E-state index contributed by atoms with van der Waals surface area (Å²) in [6.07, 6.45) is 5.59. The molecule has 3 atom stereocenters. The Labute approximate surface area is 250 Å². The maximum absolute atomic E-state index is 16.1. The molecule has 0 bridgehead atoms. The second-order valence-corrected chi connectivity index (χ2v) is 11.7. The number of methoxy groups -OCH3 is 1. The molecule has 0 aliphatic carbocycles. The van der Waals surface area contributed by atoms with Crippen molar-refractivity contribution in [2.75, 3.05) is 38.3 Å². The number of ether oxygens (including phenoxy) is 2. The lowest BCUT2D eigenvalue weighted by Gasteiger charge is -2.34. The summed E-state index contributed by atoms with van der Waals surface area (Å²) >= 11 is 0. The van der Waals surface area contributed by atoms with E-state index in [1.807, 2.05) is 4.90 Å². The van der Waals surface area contributed by atoms with Crippen LogP contribution in [-0.4, -0.2) is 81.7 Å². The van der Waals surface area contributed by atoms with E-state index in [4.69, 9.17) is 9.47 Å². The quantitative estimate of drug-likeness (QED) is 0.279. The van der Waals surface area contributed by atoms with Gasteiger partial charge in [-0.3, -0.25) is 4.90 Å². The SMILES string of the molecule is COc1nc2c3c(nc(-c4cc(O)cc5c(O)cc(F)c(F)c45)c(F)c3n1)OCC1CCCCN21.FC1CC2CCCN2C1. The molecule has 2 N–H and O–H groups in total. The van der Waals surface area contributed by atoms with E-state index in [1.54, 1.807) is 0 Å². The van der Waals surface area contributed by atoms with Crippen LogP contribution < -0.4 is 14.4 Å². The highest BCUT2D eigenvalue weighted by Crippen LogP contribution is 2.45. The normalized spacial score (nSPS) is 22.7. The van der Waals surface area contributed by atoms with Gasteiger partial charge in [0.2, 0.25) is 5.88 Å². The van der Waals surface area contributed by atoms with Crippen molar-refractivity contribution < 1.29 is 37.2 Å². The van der Waals surface area contributed by atoms with E-state index in [1.165, 1.54) is 20.0 Å². The summed E-state index contributed by atoms with van der Waals surface area (Å²) in [5, 5.41) is 20.0. The lowest BCUT2D eigenvalue weighted by molar-refractivity contribution is 0.259. The Balaban J connectivity index is 0.000000296. The van der Waals surface area contributed by atoms with E-state index >= 15 is 4.39 Å². The molecule has 8 rings (SSSR count). The standard InChI is InChI=1S/C24H19F3N4O4.C7H12FN/c1-34-24-29-21-17-22(30-24)31-5-3-2-4-10(31)9-35-23(17)28-20(19(21)27)13-7-11(32)6-12-15(33)8-14(25)18(26)16(12)13;8-6-4-7-2-1-3-9(7)5-6/h6-8,10,32-33H,2-5,9H2,1H3;6-7H,1-5H2. The molecule has 0 spiro atoms. The van der Waals surface area contributed by atoms with Gasteiger partial charge in [0, 0.05) is 41.5 Å². The van der Waals surface area contributed by atoms with Gasteiger partial charge in [0.05, 0.1) is 13.2 Å². The number of phenolic OH excluding ortho intramolecular Hbond substituents is 2. The molecule has 0 radical (unpaired) electrons. The zero-order chi connectivity index (χ0) is 30.7. The summed E-state index contributed by atoms with van der Waals surface area (Å²) < 4.78 is 69.1. The third-order valence-corrected chi connectivity index (χ3v) is 9.01. The molecular formula is C31H31F4N5O4. The first kappa shape index (κ1) is 28.6. The Kier molecular flexibility index (Phi) is 7.22. The molecule has 3 fully saturated rings. The summed E-state index contributed by atoms with van der Waals surface area (Å²) in [5.41, 5.74) is -0.868. The smallest absolute Gasteiger partial charge is 0.318 e. The van der Waals surface area contributed by atoms with Gasteiger partial charge in [0.15, 0.2) is 17.5 Å². The molecule has 4 aliphatic heterocycles. The average Bonchev–Trinajstić information content (AvgIpc) is 3.55. The Morgan fingerprint density at radius 3 is 2.55 bits per heavy atom. The fourth-order valence-electron chi connectivity index (χ4n) is 6.97. The van der Waals surface area contributed by atoms with E-state index in [2.05, 4.69) is 19.9 Å². The summed E-state index contributed by atoms with van der Waals surface area (Å²) in [5.74, 6) is -4.17. The van der Waals surface area contributed by atoms with Crippen molar-refractivity contribution >= 4 is 27.5 Å². The van der Waals surface area contributed by atoms with Gasteiger partial charge in [-0.05, 0) is 57.2 Å². The van der Waals surface area contributed by atoms with Gasteiger partial charge >= 0.3 is 6.01 Å². The molecule has 2 aromatic heterocycles. The molecule has 2 aromatic carbocycles. The Morgan fingerprint density at radius 2 is 1.75 bits per heavy atom. The third-order valence-electron chi connectivity index (χ3n) is 9.01. The molecule has 0 saturated carbocycles. The topological polar surface area (TPSA) is 104 Å². The fraction of sp³-hybridized carbons (Fsp3) is 0.452. The van der Waals surface area contributed by atoms with Gasteiger partial charge in [0.25, 0.3) is 0 Å². The number of piperidine rings is 1. The Hall–Kier alpha value is -4.13. The second-order valence-electron chi connectivity index (χ2n) is 11.7. The lowest BCUT2D eigenvalue weighted by Crippen LogP contribution is -2.42. The van der Waals surface area contributed by atoms with Crippen LogP contribution in [0.1, 0.15) is 38.5 Å². The number of rotatable bonds is 2. The van der Waals surface area contributed by atoms with Gasteiger partial charge in [-0.15, -0.1) is 0 Å². The first-order valence-corrected chi connectivity index (χ1v) is 14.8. The maximum Gasteiger partial charge on any atom is 0.318 e. The number of pyridine rings is 1. The predicted octanol–water partition coefficient (Wildman–Crippen LogP) is 5.63. The van der Waals surface area contributed by atoms with Crippen LogP contribution in [0.2, 0.25) is 0 Å². The van der Waals surface area contributed by atoms with Crippen LogP contribution in [-0.2, 0) is 0 Å². The summed E-state index contributed by atoms with van der Waals surface area (Å²) in [6, 6.07) is 3.22. The van der Waals surface area contributed by atoms with Crippen molar-refractivity contribution in [2.24, 2.45) is 0 Å². The molecule has 44 heavy (non-hydrogen) atoms. The van der Waals surface area contributed by atoms with Crippen molar-refractivity contribution in [2.45, 2.75) is 56.8 Å². The molecule has 232 valence electrons. The summed E-state index contributed by atoms with van der Waals surface area (Å²) in [4.78, 5) is 17.3. The lowest BCUT2D eigenvalue weighted by atomic mass is 9.98. The number of benzene rings is 2. The number of phenols is 2. The first-order chi connectivity index (χ1) is 21.2. The van der Waals surface area contributed by atoms with Gasteiger partial charge in [-0.1, -0.05) is 0 Å². The van der Waals surface area contributed by atoms with Crippen LogP contribution >= 0.6 is 0 Å². The van der Waals surface area contributed by atoms with Gasteiger partial charge in [0.1, 0.15) is 46.7 Å². The van der Waals surface area contributed by atoms with E-state index in [-0.39, 0.29) is 46.4 Å². The largest absolute Gasteiger partial charge is 0.508 e. The van der Waals surface area contributed by atoms with Crippen molar-refractivity contribution in [1.29, 1.82) is 0 Å². The minimum absolute atomic E-state index is 0.0163. The van der Waals surface area contributed by atoms with E-state index in [0.717, 1.165) is 44.4 Å². The average molecular weight is 614 g/mol. The zero-order valence-electron chi connectivity index (χ0n) is 24.0. The second kappa shape index (κ2) is 11.1. The van der Waals surface area contributed by atoms with Gasteiger partial charge in [-0.2, -0.15) is 9.97 Å². The molecular weight excluding hydrogens is 582 g/mol. The molecule has 9 nitrogen and oxygen atoms in total. The number of aromatic nitrogens is 3. The highest BCUT2D eigenvalue weighted by molar-refractivity contribution is 6.03. The molecule has 3 unspecified atom stereocenters. The molecule has 6 heterocycles. The van der Waals surface area contributed by atoms with Crippen LogP contribution in [0.4, 0.5) is 23.4 Å². The van der Waals surface area contributed by atoms with Crippen LogP contribution in [0.3, 0.4) is 0 Å². The van der Waals surface area contributed by atoms with Crippen molar-refractivity contribution in [3.8, 4) is 34.6 Å². The van der Waals surface area contributed by atoms with Crippen LogP contribution in [0, 0.1) is 17.5 Å². The number of halogens is 4. The molecule has 0 amide bonds. The van der Waals surface area contributed by atoms with Gasteiger partial charge in [-0.25, -0.2) is 22.5 Å². The van der Waals surface area contributed by atoms with Gasteiger partial charge < -0.3 is 24.6 Å². The maximum atomic E-state index is 16.1. The number of alkyl halides is 1. The summed E-state index contributed by atoms with van der Waals surface area (Å²) in [6.45, 7) is 2.80. The predicted molar refractivity (Wildman–Crippen MR) is 155 cm³/mol. The minimum atomic E-state index is -1.33. The minimum Gasteiger partial charge on any atom is -0.508 e. The third kappa shape index (κ3) is 4.77. The van der Waals surface area contributed by atoms with E-state index in [9.17, 15) is 23.4 Å². The monoisotopic (exact) mass is 613 g/mol. The number of aromatic hydroxyl groups is 2. The van der Waals surface area contributed by atoms with E-state index in [0.29, 0.717) is 31.0 Å². The number of hydrogen-bond acceptors (Lipinski definition) is 9. The summed E-state index contributed by atoms with van der Waals surface area (Å²) in [7, 11) is 1.36. The number of nitrogens with zero attached hydrogens (tertiary/aromatic N) is 5. The van der Waals surface area contributed by atoms with Crippen molar-refractivity contribution in [3.63, 3.8) is 0 Å². The van der Waals surface area contributed by atoms with Crippen molar-refractivity contribution in [1.82, 2.24) is 19.9 Å². The zero-order valence-corrected chi connectivity index (χ0v) is 24.0. The Bertz CT molecular complexity index is 1760. The van der Waals surface area contributed by atoms with Crippen molar-refractivity contribution in [3.05, 3.63) is 35.7 Å². The Morgan fingerprint density at radius 1 is 0.932 bits per heavy atom. The number of hydrogen-bond donors (Lipinski definition) is 2. The number of anilines is 1. The van der Waals surface area contributed by atoms with Crippen LogP contribution in [0.15, 0.2) is 18.2 Å². The molecule has 3 saturated heterocycles. The fourth-order valence-corrected chi connectivity index (χ4v) is 6.97. The van der Waals surface area contributed by atoms with Crippen LogP contribution in [0.25, 0.3) is 32.9 Å². The molecule has 4 aromatic rings. The number of fused-ring (bicyclic) bond motifs is 4. The highest BCUT2D eigenvalue weighted by atomic mass is 19.2. The van der Waals surface area contributed by atoms with Crippen LogP contribution in [0.5, 0.6) is 23.4 Å². The molecule has 13 heteroatoms. The molecule has 4 aliphatic rings. The highest BCUT2D eigenvalue weighted by Gasteiger charge is 2.35. The first-order valence-electron chi connectivity index (χ1n) is 14.8. The van der Waals surface area contributed by atoms with E-state index < -0.39 is 46.2 Å².